The molecule has 1 N–H and O–H groups in total. The van der Waals surface area contributed by atoms with Crippen molar-refractivity contribution in [1.82, 2.24) is 5.32 Å². The minimum Gasteiger partial charge on any atom is -0.496 e. The average Bonchev–Trinajstić information content (AvgIpc) is 2.35. The Bertz CT molecular complexity index is 388. The summed E-state index contributed by atoms with van der Waals surface area (Å²) < 4.78 is 5.23. The van der Waals surface area contributed by atoms with Crippen LogP contribution < -0.4 is 10.1 Å². The summed E-state index contributed by atoms with van der Waals surface area (Å²) in [5, 5.41) is 3.02. The second kappa shape index (κ2) is 6.28. The van der Waals surface area contributed by atoms with Gasteiger partial charge >= 0.3 is 0 Å². The number of ether oxygens (including phenoxy) is 1. The number of hydrogen-bond donors (Lipinski definition) is 1. The van der Waals surface area contributed by atoms with Gasteiger partial charge in [-0.25, -0.2) is 0 Å². The van der Waals surface area contributed by atoms with Gasteiger partial charge < -0.3 is 10.1 Å². The van der Waals surface area contributed by atoms with E-state index in [0.29, 0.717) is 6.42 Å². The molecular formula is C14H21NO2. The molecular weight excluding hydrogens is 214 g/mol. The van der Waals surface area contributed by atoms with Crippen molar-refractivity contribution < 1.29 is 9.53 Å². The van der Waals surface area contributed by atoms with Crippen molar-refractivity contribution in [2.75, 3.05) is 7.11 Å². The fraction of sp³-hybridized carbons (Fsp3) is 0.500. The third kappa shape index (κ3) is 3.48. The highest BCUT2D eigenvalue weighted by atomic mass is 16.5. The highest BCUT2D eigenvalue weighted by molar-refractivity contribution is 5.76. The first kappa shape index (κ1) is 13.6. The van der Waals surface area contributed by atoms with Crippen molar-refractivity contribution in [3.05, 3.63) is 29.3 Å². The molecule has 0 aliphatic rings. The van der Waals surface area contributed by atoms with E-state index < -0.39 is 0 Å². The monoisotopic (exact) mass is 235 g/mol. The molecule has 3 nitrogen and oxygen atoms in total. The van der Waals surface area contributed by atoms with E-state index in [1.807, 2.05) is 26.0 Å². The van der Waals surface area contributed by atoms with Gasteiger partial charge in [0.25, 0.3) is 0 Å². The molecule has 0 heterocycles. The molecule has 3 heteroatoms. The molecule has 0 bridgehead atoms. The maximum atomic E-state index is 11.4. The highest BCUT2D eigenvalue weighted by Crippen LogP contribution is 2.24. The number of carbonyl (C=O) groups is 1. The lowest BCUT2D eigenvalue weighted by molar-refractivity contribution is -0.121. The quantitative estimate of drug-likeness (QED) is 0.852. The standard InChI is InChI=1S/C14H21NO2/c1-5-12(15-14(16)6-2)11-7-8-13(17-4)10(3)9-11/h7-9,12H,5-6H2,1-4H3,(H,15,16). The van der Waals surface area contributed by atoms with Crippen LogP contribution >= 0.6 is 0 Å². The molecule has 0 spiro atoms. The SMILES string of the molecule is CCC(=O)NC(CC)c1ccc(OC)c(C)c1. The molecule has 1 aromatic carbocycles. The van der Waals surface area contributed by atoms with E-state index >= 15 is 0 Å². The maximum Gasteiger partial charge on any atom is 0.220 e. The van der Waals surface area contributed by atoms with E-state index in [0.717, 1.165) is 23.3 Å². The van der Waals surface area contributed by atoms with E-state index in [1.54, 1.807) is 7.11 Å². The van der Waals surface area contributed by atoms with Gasteiger partial charge in [0, 0.05) is 6.42 Å². The van der Waals surface area contributed by atoms with Crippen molar-refractivity contribution in [1.29, 1.82) is 0 Å². The van der Waals surface area contributed by atoms with Crippen LogP contribution in [0.25, 0.3) is 0 Å². The van der Waals surface area contributed by atoms with Gasteiger partial charge in [0.2, 0.25) is 5.91 Å². The summed E-state index contributed by atoms with van der Waals surface area (Å²) >= 11 is 0. The second-order valence-corrected chi connectivity index (χ2v) is 4.11. The Kier molecular flexibility index (Phi) is 5.01. The molecule has 0 aliphatic carbocycles. The van der Waals surface area contributed by atoms with Gasteiger partial charge in [-0.15, -0.1) is 0 Å². The van der Waals surface area contributed by atoms with Gasteiger partial charge in [0.15, 0.2) is 0 Å². The Morgan fingerprint density at radius 2 is 2.12 bits per heavy atom. The molecule has 94 valence electrons. The number of carbonyl (C=O) groups excluding carboxylic acids is 1. The van der Waals surface area contributed by atoms with Crippen molar-refractivity contribution in [3.8, 4) is 5.75 Å². The lowest BCUT2D eigenvalue weighted by Gasteiger charge is -2.18. The van der Waals surface area contributed by atoms with Gasteiger partial charge in [-0.1, -0.05) is 26.0 Å². The topological polar surface area (TPSA) is 38.3 Å². The molecule has 0 saturated carbocycles. The molecule has 1 rings (SSSR count). The minimum absolute atomic E-state index is 0.0883. The first-order valence-corrected chi connectivity index (χ1v) is 6.06. The number of nitrogens with one attached hydrogen (secondary N) is 1. The number of aryl methyl sites for hydroxylation is 1. The third-order valence-electron chi connectivity index (χ3n) is 2.89. The Hall–Kier alpha value is -1.51. The van der Waals surface area contributed by atoms with Crippen LogP contribution in [0.3, 0.4) is 0 Å². The number of methoxy groups -OCH3 is 1. The van der Waals surface area contributed by atoms with Gasteiger partial charge in [-0.2, -0.15) is 0 Å². The lowest BCUT2D eigenvalue weighted by atomic mass is 10.0. The lowest BCUT2D eigenvalue weighted by Crippen LogP contribution is -2.27. The number of benzene rings is 1. The van der Waals surface area contributed by atoms with Crippen LogP contribution in [0, 0.1) is 6.92 Å². The van der Waals surface area contributed by atoms with E-state index in [-0.39, 0.29) is 11.9 Å². The summed E-state index contributed by atoms with van der Waals surface area (Å²) in [4.78, 5) is 11.4. The number of amides is 1. The fourth-order valence-corrected chi connectivity index (χ4v) is 1.84. The van der Waals surface area contributed by atoms with Gasteiger partial charge in [-0.05, 0) is 30.5 Å². The van der Waals surface area contributed by atoms with Crippen molar-refractivity contribution in [2.45, 2.75) is 39.7 Å². The Labute approximate surface area is 103 Å². The van der Waals surface area contributed by atoms with Crippen LogP contribution in [-0.2, 0) is 4.79 Å². The summed E-state index contributed by atoms with van der Waals surface area (Å²) in [5.74, 6) is 0.968. The third-order valence-corrected chi connectivity index (χ3v) is 2.89. The summed E-state index contributed by atoms with van der Waals surface area (Å²) in [6.07, 6.45) is 1.41. The van der Waals surface area contributed by atoms with Crippen LogP contribution in [0.2, 0.25) is 0 Å². The molecule has 0 radical (unpaired) electrons. The molecule has 1 aromatic rings. The molecule has 0 aromatic heterocycles. The van der Waals surface area contributed by atoms with Crippen LogP contribution in [0.15, 0.2) is 18.2 Å². The van der Waals surface area contributed by atoms with Crippen LogP contribution in [0.4, 0.5) is 0 Å². The summed E-state index contributed by atoms with van der Waals surface area (Å²) in [6.45, 7) is 5.94. The van der Waals surface area contributed by atoms with Crippen LogP contribution in [-0.4, -0.2) is 13.0 Å². The summed E-state index contributed by atoms with van der Waals surface area (Å²) in [6, 6.07) is 6.12. The smallest absolute Gasteiger partial charge is 0.220 e. The van der Waals surface area contributed by atoms with Gasteiger partial charge in [-0.3, -0.25) is 4.79 Å². The number of hydrogen-bond acceptors (Lipinski definition) is 2. The number of rotatable bonds is 5. The van der Waals surface area contributed by atoms with E-state index in [2.05, 4.69) is 18.3 Å². The van der Waals surface area contributed by atoms with Crippen LogP contribution in [0.1, 0.15) is 43.9 Å². The molecule has 0 aliphatic heterocycles. The molecule has 0 fully saturated rings. The zero-order chi connectivity index (χ0) is 12.8. The maximum absolute atomic E-state index is 11.4. The van der Waals surface area contributed by atoms with Gasteiger partial charge in [0.05, 0.1) is 13.2 Å². The van der Waals surface area contributed by atoms with Crippen molar-refractivity contribution >= 4 is 5.91 Å². The van der Waals surface area contributed by atoms with Crippen molar-refractivity contribution in [2.24, 2.45) is 0 Å². The van der Waals surface area contributed by atoms with Gasteiger partial charge in [0.1, 0.15) is 5.75 Å². The van der Waals surface area contributed by atoms with Crippen molar-refractivity contribution in [3.63, 3.8) is 0 Å². The predicted octanol–water partition coefficient (Wildman–Crippen LogP) is 2.98. The Morgan fingerprint density at radius 1 is 1.41 bits per heavy atom. The molecule has 0 saturated heterocycles. The molecule has 1 amide bonds. The summed E-state index contributed by atoms with van der Waals surface area (Å²) in [7, 11) is 1.66. The molecule has 1 atom stereocenters. The zero-order valence-electron chi connectivity index (χ0n) is 11.0. The molecule has 1 unspecified atom stereocenters. The highest BCUT2D eigenvalue weighted by Gasteiger charge is 2.12. The fourth-order valence-electron chi connectivity index (χ4n) is 1.84. The Balaban J connectivity index is 2.88. The second-order valence-electron chi connectivity index (χ2n) is 4.11. The Morgan fingerprint density at radius 3 is 2.59 bits per heavy atom. The molecule has 17 heavy (non-hydrogen) atoms. The average molecular weight is 235 g/mol. The largest absolute Gasteiger partial charge is 0.496 e. The van der Waals surface area contributed by atoms with Crippen LogP contribution in [0.5, 0.6) is 5.75 Å². The van der Waals surface area contributed by atoms with E-state index in [4.69, 9.17) is 4.74 Å². The zero-order valence-corrected chi connectivity index (χ0v) is 11.0. The van der Waals surface area contributed by atoms with E-state index in [1.165, 1.54) is 0 Å². The first-order valence-electron chi connectivity index (χ1n) is 6.06. The minimum atomic E-state index is 0.0883. The van der Waals surface area contributed by atoms with E-state index in [9.17, 15) is 4.79 Å². The normalized spacial score (nSPS) is 12.0. The predicted molar refractivity (Wildman–Crippen MR) is 69.2 cm³/mol. The first-order chi connectivity index (χ1) is 8.12. The summed E-state index contributed by atoms with van der Waals surface area (Å²) in [5.41, 5.74) is 2.22.